The lowest BCUT2D eigenvalue weighted by atomic mass is 10.1. The molecule has 2 unspecified atom stereocenters. The van der Waals surface area contributed by atoms with Gasteiger partial charge in [0, 0.05) is 18.8 Å². The second-order valence-corrected chi connectivity index (χ2v) is 6.41. The molecule has 0 saturated heterocycles. The summed E-state index contributed by atoms with van der Waals surface area (Å²) in [5.74, 6) is 3.60. The Balaban J connectivity index is 1.71. The smallest absolute Gasteiger partial charge is 0.319 e. The van der Waals surface area contributed by atoms with Crippen LogP contribution >= 0.6 is 0 Å². The fraction of sp³-hybridized carbons (Fsp3) is 0.529. The molecule has 7 nitrogen and oxygen atoms in total. The topological polar surface area (TPSA) is 82.1 Å². The van der Waals surface area contributed by atoms with Crippen LogP contribution in [-0.2, 0) is 0 Å². The fourth-order valence-corrected chi connectivity index (χ4v) is 3.41. The molecule has 126 valence electrons. The molecule has 0 spiro atoms. The second-order valence-electron chi connectivity index (χ2n) is 6.41. The normalized spacial score (nSPS) is 22.1. The molecule has 1 N–H and O–H groups in total. The zero-order valence-electron chi connectivity index (χ0n) is 14.1. The molecule has 2 atom stereocenters. The molecule has 0 aliphatic heterocycles. The van der Waals surface area contributed by atoms with Crippen LogP contribution in [0.2, 0.25) is 0 Å². The molecule has 2 aromatic rings. The molecular formula is C17H21N5O2. The molecule has 0 aromatic carbocycles. The van der Waals surface area contributed by atoms with Gasteiger partial charge in [-0.3, -0.25) is 0 Å². The Morgan fingerprint density at radius 1 is 1.17 bits per heavy atom. The third-order valence-corrected chi connectivity index (χ3v) is 4.91. The van der Waals surface area contributed by atoms with Gasteiger partial charge in [0.25, 0.3) is 0 Å². The van der Waals surface area contributed by atoms with E-state index in [0.29, 0.717) is 11.8 Å². The summed E-state index contributed by atoms with van der Waals surface area (Å²) >= 11 is 0. The Morgan fingerprint density at radius 2 is 2.00 bits per heavy atom. The largest absolute Gasteiger partial charge is 0.480 e. The first-order chi connectivity index (χ1) is 11.7. The van der Waals surface area contributed by atoms with Gasteiger partial charge in [-0.05, 0) is 43.1 Å². The van der Waals surface area contributed by atoms with Gasteiger partial charge in [-0.15, -0.1) is 10.2 Å². The van der Waals surface area contributed by atoms with Crippen molar-refractivity contribution >= 4 is 5.82 Å². The predicted molar refractivity (Wildman–Crippen MR) is 89.3 cm³/mol. The minimum Gasteiger partial charge on any atom is -0.480 e. The molecule has 2 saturated carbocycles. The van der Waals surface area contributed by atoms with Gasteiger partial charge < -0.3 is 14.8 Å². The summed E-state index contributed by atoms with van der Waals surface area (Å²) in [6.07, 6.45) is 5.67. The van der Waals surface area contributed by atoms with Gasteiger partial charge in [-0.1, -0.05) is 0 Å². The lowest BCUT2D eigenvalue weighted by Gasteiger charge is -2.11. The number of aromatic nitrogens is 4. The van der Waals surface area contributed by atoms with Crippen LogP contribution in [0.1, 0.15) is 30.7 Å². The number of hydrogen-bond donors (Lipinski definition) is 1. The van der Waals surface area contributed by atoms with E-state index in [2.05, 4.69) is 31.5 Å². The first kappa shape index (κ1) is 15.1. The summed E-state index contributed by atoms with van der Waals surface area (Å²) < 4.78 is 10.4. The van der Waals surface area contributed by atoms with E-state index in [9.17, 15) is 0 Å². The Labute approximate surface area is 140 Å². The van der Waals surface area contributed by atoms with Crippen molar-refractivity contribution < 1.29 is 9.47 Å². The van der Waals surface area contributed by atoms with E-state index in [1.165, 1.54) is 31.9 Å². The van der Waals surface area contributed by atoms with Crippen LogP contribution in [0.4, 0.5) is 5.82 Å². The van der Waals surface area contributed by atoms with E-state index >= 15 is 0 Å². The Hall–Kier alpha value is -2.44. The summed E-state index contributed by atoms with van der Waals surface area (Å²) in [7, 11) is 4.99. The zero-order valence-corrected chi connectivity index (χ0v) is 14.1. The summed E-state index contributed by atoms with van der Waals surface area (Å²) in [4.78, 5) is 8.40. The maximum absolute atomic E-state index is 5.37. The zero-order chi connectivity index (χ0) is 16.7. The molecule has 2 aromatic heterocycles. The Morgan fingerprint density at radius 3 is 2.67 bits per heavy atom. The molecular weight excluding hydrogens is 306 g/mol. The fourth-order valence-electron chi connectivity index (χ4n) is 3.41. The summed E-state index contributed by atoms with van der Waals surface area (Å²) in [5.41, 5.74) is 2.68. The number of rotatable bonds is 6. The van der Waals surface area contributed by atoms with Crippen molar-refractivity contribution in [2.75, 3.05) is 26.6 Å². The van der Waals surface area contributed by atoms with Crippen molar-refractivity contribution in [3.63, 3.8) is 0 Å². The van der Waals surface area contributed by atoms with Crippen molar-refractivity contribution in [3.8, 4) is 23.1 Å². The van der Waals surface area contributed by atoms with Crippen molar-refractivity contribution in [3.05, 3.63) is 17.8 Å². The maximum atomic E-state index is 5.37. The van der Waals surface area contributed by atoms with Crippen LogP contribution in [0.3, 0.4) is 0 Å². The van der Waals surface area contributed by atoms with Gasteiger partial charge in [0.2, 0.25) is 5.88 Å². The summed E-state index contributed by atoms with van der Waals surface area (Å²) in [6, 6.07) is 2.37. The lowest BCUT2D eigenvalue weighted by Crippen LogP contribution is -2.04. The van der Waals surface area contributed by atoms with E-state index < -0.39 is 0 Å². The number of nitrogens with zero attached hydrogens (tertiary/aromatic N) is 4. The van der Waals surface area contributed by atoms with Gasteiger partial charge in [0.05, 0.1) is 19.8 Å². The van der Waals surface area contributed by atoms with Gasteiger partial charge in [-0.2, -0.15) is 4.98 Å². The Bertz CT molecular complexity index is 763. The third-order valence-electron chi connectivity index (χ3n) is 4.91. The van der Waals surface area contributed by atoms with E-state index in [-0.39, 0.29) is 6.01 Å². The Kier molecular flexibility index (Phi) is 3.70. The number of nitrogens with one attached hydrogen (secondary N) is 1. The molecule has 4 rings (SSSR count). The number of hydrogen-bond acceptors (Lipinski definition) is 7. The second kappa shape index (κ2) is 5.89. The lowest BCUT2D eigenvalue weighted by molar-refractivity contribution is 0.353. The summed E-state index contributed by atoms with van der Waals surface area (Å²) in [6.45, 7) is 0. The van der Waals surface area contributed by atoms with Gasteiger partial charge in [0.1, 0.15) is 5.69 Å². The highest BCUT2D eigenvalue weighted by molar-refractivity contribution is 5.66. The van der Waals surface area contributed by atoms with Crippen LogP contribution in [0.5, 0.6) is 11.9 Å². The quantitative estimate of drug-likeness (QED) is 0.873. The van der Waals surface area contributed by atoms with E-state index in [0.717, 1.165) is 28.9 Å². The average molecular weight is 327 g/mol. The summed E-state index contributed by atoms with van der Waals surface area (Å²) in [5, 5.41) is 11.9. The van der Waals surface area contributed by atoms with E-state index in [4.69, 9.17) is 9.47 Å². The van der Waals surface area contributed by atoms with Crippen LogP contribution in [0, 0.1) is 11.8 Å². The molecule has 2 heterocycles. The minimum absolute atomic E-state index is 0.270. The minimum atomic E-state index is 0.270. The maximum Gasteiger partial charge on any atom is 0.319 e. The first-order valence-electron chi connectivity index (χ1n) is 8.26. The third kappa shape index (κ3) is 2.64. The van der Waals surface area contributed by atoms with Crippen LogP contribution in [-0.4, -0.2) is 41.4 Å². The predicted octanol–water partition coefficient (Wildman–Crippen LogP) is 2.51. The van der Waals surface area contributed by atoms with Gasteiger partial charge >= 0.3 is 6.01 Å². The number of methoxy groups -OCH3 is 2. The van der Waals surface area contributed by atoms with Crippen LogP contribution in [0.15, 0.2) is 12.3 Å². The molecule has 7 heteroatoms. The van der Waals surface area contributed by atoms with Gasteiger partial charge in [-0.25, -0.2) is 4.98 Å². The number of anilines is 1. The average Bonchev–Trinajstić information content (AvgIpc) is 3.52. The van der Waals surface area contributed by atoms with Crippen LogP contribution in [0.25, 0.3) is 11.3 Å². The standard InChI is InChI=1S/C17H21N5O2/c1-18-15-12(11-6-10(11)9-4-5-9)7-14(21-22-15)13-8-19-17(24-3)20-16(13)23-2/h7-11H,4-6H2,1-3H3,(H,18,22). The molecule has 2 aliphatic rings. The highest BCUT2D eigenvalue weighted by Crippen LogP contribution is 2.60. The van der Waals surface area contributed by atoms with Crippen molar-refractivity contribution in [1.82, 2.24) is 20.2 Å². The van der Waals surface area contributed by atoms with Crippen LogP contribution < -0.4 is 14.8 Å². The van der Waals surface area contributed by atoms with E-state index in [1.807, 2.05) is 7.05 Å². The van der Waals surface area contributed by atoms with E-state index in [1.54, 1.807) is 13.3 Å². The molecule has 24 heavy (non-hydrogen) atoms. The van der Waals surface area contributed by atoms with Crippen molar-refractivity contribution in [2.45, 2.75) is 25.2 Å². The molecule has 0 bridgehead atoms. The SMILES string of the molecule is CNc1nnc(-c2cnc(OC)nc2OC)cc1C1CC1C1CC1. The van der Waals surface area contributed by atoms with Crippen molar-refractivity contribution in [2.24, 2.45) is 11.8 Å². The highest BCUT2D eigenvalue weighted by atomic mass is 16.5. The highest BCUT2D eigenvalue weighted by Gasteiger charge is 2.49. The molecule has 0 amide bonds. The molecule has 2 aliphatic carbocycles. The first-order valence-corrected chi connectivity index (χ1v) is 8.26. The van der Waals surface area contributed by atoms with Gasteiger partial charge in [0.15, 0.2) is 5.82 Å². The number of ether oxygens (including phenoxy) is 2. The molecule has 2 fully saturated rings. The monoisotopic (exact) mass is 327 g/mol. The van der Waals surface area contributed by atoms with Crippen molar-refractivity contribution in [1.29, 1.82) is 0 Å². The molecule has 0 radical (unpaired) electrons.